The smallest absolute Gasteiger partial charge is 0.276 e. The van der Waals surface area contributed by atoms with Crippen molar-refractivity contribution in [1.29, 1.82) is 0 Å². The van der Waals surface area contributed by atoms with Crippen molar-refractivity contribution in [3.05, 3.63) is 69.2 Å². The van der Waals surface area contributed by atoms with Crippen molar-refractivity contribution in [3.8, 4) is 22.6 Å². The molecule has 3 saturated heterocycles. The number of pyridine rings is 1. The number of hydrogen-bond donors (Lipinski definition) is 4. The fourth-order valence-electron chi connectivity index (χ4n) is 7.81. The molecule has 0 bridgehead atoms. The van der Waals surface area contributed by atoms with E-state index in [2.05, 4.69) is 36.7 Å². The summed E-state index contributed by atoms with van der Waals surface area (Å²) in [7, 11) is 5.01. The van der Waals surface area contributed by atoms with Gasteiger partial charge in [-0.2, -0.15) is 5.10 Å². The Morgan fingerprint density at radius 3 is 2.38 bits per heavy atom. The van der Waals surface area contributed by atoms with Crippen molar-refractivity contribution >= 4 is 40.0 Å². The molecular formula is C38H47ClN8O6. The number of aryl methyl sites for hydroxylation is 1. The van der Waals surface area contributed by atoms with Crippen molar-refractivity contribution in [2.75, 3.05) is 65.3 Å². The zero-order chi connectivity index (χ0) is 37.2. The number of nitrogens with zero attached hydrogens (tertiary/aromatic N) is 5. The Bertz CT molecular complexity index is 2010. The first kappa shape index (κ1) is 36.7. The van der Waals surface area contributed by atoms with Crippen molar-refractivity contribution in [3.63, 3.8) is 0 Å². The van der Waals surface area contributed by atoms with Crippen molar-refractivity contribution in [2.24, 2.45) is 7.05 Å². The van der Waals surface area contributed by atoms with Gasteiger partial charge in [0.2, 0.25) is 11.8 Å². The fraction of sp³-hybridized carbons (Fsp3) is 0.474. The number of rotatable bonds is 10. The number of methoxy groups -OCH3 is 2. The van der Waals surface area contributed by atoms with Crippen molar-refractivity contribution in [2.45, 2.75) is 50.4 Å². The lowest BCUT2D eigenvalue weighted by molar-refractivity contribution is -0.134. The number of aliphatic hydroxyl groups is 1. The molecule has 0 saturated carbocycles. The number of aromatic amines is 1. The molecule has 4 aromatic rings. The zero-order valence-electron chi connectivity index (χ0n) is 30.4. The van der Waals surface area contributed by atoms with Gasteiger partial charge in [-0.15, -0.1) is 0 Å². The highest BCUT2D eigenvalue weighted by Gasteiger charge is 2.29. The summed E-state index contributed by atoms with van der Waals surface area (Å²) >= 11 is 6.65. The molecule has 2 atom stereocenters. The van der Waals surface area contributed by atoms with Crippen LogP contribution in [0.15, 0.2) is 47.5 Å². The third kappa shape index (κ3) is 7.86. The standard InChI is InChI=1S/C38H47ClN8O6/c1-44-20-27(26-19-40-43-36(26)38(44)51)25-17-32(52-2)28(33(18-25)53-3)21-46-12-14-47(15-13-46)35(49)22-45-10-8-23(9-11-45)24-4-5-30(29(39)16-24)41-31-6-7-34(48)42-37(31)50/h4-5,16-20,23,31,37,41,50H,6-15,21-22H2,1-3H3,(H,40,43)(H,42,48). The van der Waals surface area contributed by atoms with E-state index in [0.717, 1.165) is 66.8 Å². The Morgan fingerprint density at radius 2 is 1.72 bits per heavy atom. The highest BCUT2D eigenvalue weighted by atomic mass is 35.5. The Morgan fingerprint density at radius 1 is 1.00 bits per heavy atom. The summed E-state index contributed by atoms with van der Waals surface area (Å²) < 4.78 is 13.3. The second-order valence-corrected chi connectivity index (χ2v) is 14.6. The first-order valence-electron chi connectivity index (χ1n) is 18.2. The molecule has 15 heteroatoms. The van der Waals surface area contributed by atoms with Crippen LogP contribution in [-0.2, 0) is 23.2 Å². The number of piperazine rings is 1. The number of aliphatic hydroxyl groups excluding tert-OH is 1. The molecule has 2 unspecified atom stereocenters. The molecule has 3 fully saturated rings. The minimum atomic E-state index is -0.948. The zero-order valence-corrected chi connectivity index (χ0v) is 31.1. The number of piperidine rings is 2. The van der Waals surface area contributed by atoms with Crippen LogP contribution in [0, 0.1) is 0 Å². The van der Waals surface area contributed by atoms with E-state index in [1.807, 2.05) is 29.2 Å². The first-order chi connectivity index (χ1) is 25.6. The number of amides is 2. The highest BCUT2D eigenvalue weighted by Crippen LogP contribution is 2.38. The summed E-state index contributed by atoms with van der Waals surface area (Å²) in [6.45, 7) is 5.46. The molecule has 282 valence electrons. The summed E-state index contributed by atoms with van der Waals surface area (Å²) in [4.78, 5) is 44.0. The van der Waals surface area contributed by atoms with E-state index in [-0.39, 0.29) is 23.4 Å². The van der Waals surface area contributed by atoms with Gasteiger partial charge in [0.25, 0.3) is 5.56 Å². The minimum Gasteiger partial charge on any atom is -0.496 e. The summed E-state index contributed by atoms with van der Waals surface area (Å²) in [5.74, 6) is 1.74. The Kier molecular flexibility index (Phi) is 10.9. The number of benzene rings is 2. The average Bonchev–Trinajstić information content (AvgIpc) is 3.66. The predicted octanol–water partition coefficient (Wildman–Crippen LogP) is 3.13. The van der Waals surface area contributed by atoms with E-state index in [0.29, 0.717) is 67.0 Å². The normalized spacial score (nSPS) is 20.4. The van der Waals surface area contributed by atoms with E-state index >= 15 is 0 Å². The van der Waals surface area contributed by atoms with Crippen LogP contribution in [-0.4, -0.2) is 119 Å². The van der Waals surface area contributed by atoms with Gasteiger partial charge < -0.3 is 34.7 Å². The molecule has 5 heterocycles. The van der Waals surface area contributed by atoms with E-state index in [1.165, 1.54) is 10.1 Å². The molecule has 0 spiro atoms. The lowest BCUT2D eigenvalue weighted by Crippen LogP contribution is -2.51. The van der Waals surface area contributed by atoms with Gasteiger partial charge in [-0.25, -0.2) is 0 Å². The maximum atomic E-state index is 13.4. The molecule has 3 aliphatic heterocycles. The summed E-state index contributed by atoms with van der Waals surface area (Å²) in [6, 6.07) is 9.68. The molecule has 2 aromatic carbocycles. The molecule has 2 amide bonds. The quantitative estimate of drug-likeness (QED) is 0.190. The Hall–Kier alpha value is -4.63. The van der Waals surface area contributed by atoms with Crippen molar-refractivity contribution in [1.82, 2.24) is 34.8 Å². The minimum absolute atomic E-state index is 0.144. The largest absolute Gasteiger partial charge is 0.496 e. The number of likely N-dealkylation sites (tertiary alicyclic amines) is 1. The second kappa shape index (κ2) is 15.8. The molecule has 0 aliphatic carbocycles. The number of carbonyl (C=O) groups is 2. The summed E-state index contributed by atoms with van der Waals surface area (Å²) in [5.41, 5.74) is 4.84. The third-order valence-electron chi connectivity index (χ3n) is 10.9. The summed E-state index contributed by atoms with van der Waals surface area (Å²) in [5, 5.41) is 24.3. The summed E-state index contributed by atoms with van der Waals surface area (Å²) in [6.07, 6.45) is 5.29. The third-order valence-corrected chi connectivity index (χ3v) is 11.2. The molecule has 0 radical (unpaired) electrons. The van der Waals surface area contributed by atoms with E-state index in [9.17, 15) is 19.5 Å². The maximum Gasteiger partial charge on any atom is 0.276 e. The molecule has 53 heavy (non-hydrogen) atoms. The number of nitrogens with one attached hydrogen (secondary N) is 3. The van der Waals surface area contributed by atoms with Gasteiger partial charge in [0.15, 0.2) is 0 Å². The molecule has 2 aromatic heterocycles. The predicted molar refractivity (Wildman–Crippen MR) is 202 cm³/mol. The number of H-pyrrole nitrogens is 1. The van der Waals surface area contributed by atoms with E-state index in [4.69, 9.17) is 21.1 Å². The van der Waals surface area contributed by atoms with E-state index < -0.39 is 6.23 Å². The number of fused-ring (bicyclic) bond motifs is 1. The van der Waals surface area contributed by atoms with Crippen LogP contribution in [0.5, 0.6) is 11.5 Å². The SMILES string of the molecule is COc1cc(-c2cn(C)c(=O)c3[nH]ncc23)cc(OC)c1CN1CCN(C(=O)CN2CCC(c3ccc(NC4CCC(=O)NC4O)c(Cl)c3)CC2)CC1. The Labute approximate surface area is 313 Å². The number of halogens is 1. The molecule has 7 rings (SSSR count). The fourth-order valence-corrected chi connectivity index (χ4v) is 8.05. The number of ether oxygens (including phenoxy) is 2. The van der Waals surface area contributed by atoms with Gasteiger partial charge in [0, 0.05) is 63.3 Å². The lowest BCUT2D eigenvalue weighted by atomic mass is 9.89. The maximum absolute atomic E-state index is 13.4. The topological polar surface area (TPSA) is 157 Å². The van der Waals surface area contributed by atoms with Crippen molar-refractivity contribution < 1.29 is 24.2 Å². The number of carbonyl (C=O) groups excluding carboxylic acids is 2. The number of hydrogen-bond acceptors (Lipinski definition) is 10. The molecule has 14 nitrogen and oxygen atoms in total. The van der Waals surface area contributed by atoms with Gasteiger partial charge >= 0.3 is 0 Å². The lowest BCUT2D eigenvalue weighted by Gasteiger charge is -2.37. The Balaban J connectivity index is 0.907. The van der Waals surface area contributed by atoms with Crippen LogP contribution in [0.25, 0.3) is 22.0 Å². The van der Waals surface area contributed by atoms with Gasteiger partial charge in [0.1, 0.15) is 23.2 Å². The van der Waals surface area contributed by atoms with Crippen LogP contribution in [0.3, 0.4) is 0 Å². The molecule has 4 N–H and O–H groups in total. The van der Waals surface area contributed by atoms with Crippen LogP contribution in [0.2, 0.25) is 5.02 Å². The van der Waals surface area contributed by atoms with Gasteiger partial charge in [-0.3, -0.25) is 29.3 Å². The number of anilines is 1. The van der Waals surface area contributed by atoms with E-state index in [1.54, 1.807) is 33.7 Å². The monoisotopic (exact) mass is 746 g/mol. The van der Waals surface area contributed by atoms with Crippen LogP contribution in [0.1, 0.15) is 42.7 Å². The second-order valence-electron chi connectivity index (χ2n) is 14.2. The molecule has 3 aliphatic rings. The average molecular weight is 747 g/mol. The van der Waals surface area contributed by atoms with Crippen LogP contribution >= 0.6 is 11.6 Å². The molecular weight excluding hydrogens is 700 g/mol. The van der Waals surface area contributed by atoms with Gasteiger partial charge in [-0.05, 0) is 73.7 Å². The first-order valence-corrected chi connectivity index (χ1v) is 18.5. The van der Waals surface area contributed by atoms with Crippen LogP contribution < -0.4 is 25.7 Å². The van der Waals surface area contributed by atoms with Gasteiger partial charge in [0.05, 0.1) is 49.3 Å². The highest BCUT2D eigenvalue weighted by molar-refractivity contribution is 6.33. The van der Waals surface area contributed by atoms with Crippen LogP contribution in [0.4, 0.5) is 5.69 Å². The number of aromatic nitrogens is 3. The van der Waals surface area contributed by atoms with Gasteiger partial charge in [-0.1, -0.05) is 17.7 Å².